The molecule has 0 atom stereocenters. The highest BCUT2D eigenvalue weighted by atomic mass is 35.5. The predicted molar refractivity (Wildman–Crippen MR) is 81.3 cm³/mol. The Morgan fingerprint density at radius 2 is 1.70 bits per heavy atom. The molecule has 1 rings (SSSR count). The summed E-state index contributed by atoms with van der Waals surface area (Å²) in [6.07, 6.45) is -4.24. The maximum atomic E-state index is 13.2. The zero-order valence-corrected chi connectivity index (χ0v) is 14.2. The van der Waals surface area contributed by atoms with Gasteiger partial charge in [-0.25, -0.2) is 17.5 Å². The third-order valence-corrected chi connectivity index (χ3v) is 5.22. The molecule has 0 saturated carbocycles. The molecule has 134 valence electrons. The molecule has 0 aliphatic rings. The van der Waals surface area contributed by atoms with Crippen LogP contribution in [0.1, 0.15) is 32.3 Å². The van der Waals surface area contributed by atoms with Crippen molar-refractivity contribution in [2.45, 2.75) is 43.3 Å². The molecule has 0 aliphatic heterocycles. The van der Waals surface area contributed by atoms with E-state index in [0.717, 1.165) is 6.07 Å². The van der Waals surface area contributed by atoms with Gasteiger partial charge < -0.3 is 5.73 Å². The van der Waals surface area contributed by atoms with E-state index < -0.39 is 38.0 Å². The molecule has 0 spiro atoms. The van der Waals surface area contributed by atoms with E-state index >= 15 is 0 Å². The molecule has 0 bridgehead atoms. The first-order valence-electron chi connectivity index (χ1n) is 6.62. The lowest BCUT2D eigenvalue weighted by Gasteiger charge is -2.31. The summed E-state index contributed by atoms with van der Waals surface area (Å²) in [6, 6.07) is 1.56. The fourth-order valence-corrected chi connectivity index (χ4v) is 3.54. The van der Waals surface area contributed by atoms with Crippen LogP contribution in [0.25, 0.3) is 0 Å². The number of halogens is 5. The lowest BCUT2D eigenvalue weighted by atomic mass is 9.95. The lowest BCUT2D eigenvalue weighted by Crippen LogP contribution is -2.52. The molecule has 1 aromatic rings. The number of hydrogen-bond acceptors (Lipinski definition) is 3. The van der Waals surface area contributed by atoms with Gasteiger partial charge in [-0.3, -0.25) is 0 Å². The van der Waals surface area contributed by atoms with Crippen LogP contribution in [0.5, 0.6) is 0 Å². The molecule has 0 heterocycles. The maximum Gasteiger partial charge on any atom is 0.419 e. The summed E-state index contributed by atoms with van der Waals surface area (Å²) in [4.78, 5) is -0.652. The Morgan fingerprint density at radius 3 is 2.09 bits per heavy atom. The van der Waals surface area contributed by atoms with Gasteiger partial charge in [-0.05, 0) is 31.0 Å². The van der Waals surface area contributed by atoms with Crippen LogP contribution in [0.4, 0.5) is 17.6 Å². The fraction of sp³-hybridized carbons (Fsp3) is 0.538. The van der Waals surface area contributed by atoms with Crippen molar-refractivity contribution in [1.29, 1.82) is 0 Å². The molecular weight excluding hydrogens is 360 g/mol. The van der Waals surface area contributed by atoms with Crippen LogP contribution >= 0.6 is 12.4 Å². The first-order chi connectivity index (χ1) is 10.0. The normalized spacial score (nSPS) is 12.8. The van der Waals surface area contributed by atoms with Crippen LogP contribution in [0.2, 0.25) is 0 Å². The van der Waals surface area contributed by atoms with Gasteiger partial charge in [0.15, 0.2) is 0 Å². The minimum Gasteiger partial charge on any atom is -0.329 e. The van der Waals surface area contributed by atoms with Crippen molar-refractivity contribution >= 4 is 22.4 Å². The molecule has 0 saturated heterocycles. The molecule has 23 heavy (non-hydrogen) atoms. The lowest BCUT2D eigenvalue weighted by molar-refractivity contribution is -0.140. The van der Waals surface area contributed by atoms with Crippen LogP contribution in [0.15, 0.2) is 23.1 Å². The average Bonchev–Trinajstić information content (AvgIpc) is 2.44. The standard InChI is InChI=1S/C13H18F4N2O2S.ClH/c1-3-12(4-2,8-18)19-22(20,21)9-5-6-11(14)10(7-9)13(15,16)17;/h5-7,19H,3-4,8,18H2,1-2H3;1H. The second-order valence-electron chi connectivity index (χ2n) is 4.94. The second-order valence-corrected chi connectivity index (χ2v) is 6.62. The zero-order valence-electron chi connectivity index (χ0n) is 12.6. The number of alkyl halides is 3. The molecule has 0 radical (unpaired) electrons. The third kappa shape index (κ3) is 5.03. The van der Waals surface area contributed by atoms with E-state index in [1.54, 1.807) is 13.8 Å². The van der Waals surface area contributed by atoms with Crippen molar-refractivity contribution in [3.05, 3.63) is 29.6 Å². The number of sulfonamides is 1. The average molecular weight is 379 g/mol. The Bertz CT molecular complexity index is 623. The van der Waals surface area contributed by atoms with Crippen molar-refractivity contribution in [3.63, 3.8) is 0 Å². The van der Waals surface area contributed by atoms with Crippen LogP contribution in [-0.4, -0.2) is 20.5 Å². The smallest absolute Gasteiger partial charge is 0.329 e. The highest BCUT2D eigenvalue weighted by Gasteiger charge is 2.36. The molecular formula is C13H19ClF4N2O2S. The van der Waals surface area contributed by atoms with E-state index in [-0.39, 0.29) is 25.0 Å². The van der Waals surface area contributed by atoms with Gasteiger partial charge in [0.05, 0.1) is 10.5 Å². The van der Waals surface area contributed by atoms with Gasteiger partial charge in [-0.15, -0.1) is 12.4 Å². The minimum atomic E-state index is -4.98. The summed E-state index contributed by atoms with van der Waals surface area (Å²) in [5.41, 5.74) is 2.99. The predicted octanol–water partition coefficient (Wildman–Crippen LogP) is 3.06. The van der Waals surface area contributed by atoms with Crippen molar-refractivity contribution in [3.8, 4) is 0 Å². The number of nitrogens with one attached hydrogen (secondary N) is 1. The Balaban J connectivity index is 0.00000484. The molecule has 1 aromatic carbocycles. The Kier molecular flexibility index (Phi) is 7.48. The van der Waals surface area contributed by atoms with Crippen molar-refractivity contribution in [1.82, 2.24) is 4.72 Å². The van der Waals surface area contributed by atoms with E-state index in [9.17, 15) is 26.0 Å². The van der Waals surface area contributed by atoms with Crippen molar-refractivity contribution in [2.75, 3.05) is 6.54 Å². The van der Waals surface area contributed by atoms with Crippen LogP contribution in [0.3, 0.4) is 0 Å². The highest BCUT2D eigenvalue weighted by Crippen LogP contribution is 2.33. The Morgan fingerprint density at radius 1 is 1.17 bits per heavy atom. The Hall–Kier alpha value is -0.900. The fourth-order valence-electron chi connectivity index (χ4n) is 1.96. The van der Waals surface area contributed by atoms with Gasteiger partial charge >= 0.3 is 6.18 Å². The molecule has 0 fully saturated rings. The number of nitrogens with two attached hydrogens (primary N) is 1. The van der Waals surface area contributed by atoms with Gasteiger partial charge in [0.2, 0.25) is 10.0 Å². The molecule has 0 aromatic heterocycles. The number of benzene rings is 1. The third-order valence-electron chi connectivity index (χ3n) is 3.65. The van der Waals surface area contributed by atoms with E-state index in [1.807, 2.05) is 0 Å². The van der Waals surface area contributed by atoms with Gasteiger partial charge in [0, 0.05) is 12.1 Å². The van der Waals surface area contributed by atoms with E-state index in [4.69, 9.17) is 5.73 Å². The minimum absolute atomic E-state index is 0. The molecule has 0 unspecified atom stereocenters. The SMILES string of the molecule is CCC(CC)(CN)NS(=O)(=O)c1ccc(F)c(C(F)(F)F)c1.Cl. The van der Waals surface area contributed by atoms with Crippen molar-refractivity contribution in [2.24, 2.45) is 5.73 Å². The van der Waals surface area contributed by atoms with Gasteiger partial charge in [-0.1, -0.05) is 13.8 Å². The molecule has 3 N–H and O–H groups in total. The van der Waals surface area contributed by atoms with Gasteiger partial charge in [0.25, 0.3) is 0 Å². The van der Waals surface area contributed by atoms with E-state index in [2.05, 4.69) is 4.72 Å². The monoisotopic (exact) mass is 378 g/mol. The van der Waals surface area contributed by atoms with E-state index in [0.29, 0.717) is 18.9 Å². The summed E-state index contributed by atoms with van der Waals surface area (Å²) in [7, 11) is -4.25. The largest absolute Gasteiger partial charge is 0.419 e. The molecule has 4 nitrogen and oxygen atoms in total. The summed E-state index contributed by atoms with van der Waals surface area (Å²) < 4.78 is 78.1. The summed E-state index contributed by atoms with van der Waals surface area (Å²) >= 11 is 0. The zero-order chi connectivity index (χ0) is 17.2. The van der Waals surface area contributed by atoms with Gasteiger partial charge in [-0.2, -0.15) is 13.2 Å². The summed E-state index contributed by atoms with van der Waals surface area (Å²) in [6.45, 7) is 3.42. The Labute approximate surface area is 138 Å². The van der Waals surface area contributed by atoms with Crippen LogP contribution in [0, 0.1) is 5.82 Å². The van der Waals surface area contributed by atoms with Gasteiger partial charge in [0.1, 0.15) is 5.82 Å². The summed E-state index contributed by atoms with van der Waals surface area (Å²) in [5.74, 6) is -1.53. The van der Waals surface area contributed by atoms with Crippen molar-refractivity contribution < 1.29 is 26.0 Å². The quantitative estimate of drug-likeness (QED) is 0.747. The molecule has 0 amide bonds. The number of hydrogen-bond donors (Lipinski definition) is 2. The second kappa shape index (κ2) is 7.78. The van der Waals surface area contributed by atoms with Crippen LogP contribution in [-0.2, 0) is 16.2 Å². The number of rotatable bonds is 6. The first-order valence-corrected chi connectivity index (χ1v) is 8.10. The van der Waals surface area contributed by atoms with E-state index in [1.165, 1.54) is 0 Å². The topological polar surface area (TPSA) is 72.2 Å². The maximum absolute atomic E-state index is 13.2. The summed E-state index contributed by atoms with van der Waals surface area (Å²) in [5, 5.41) is 0. The molecule has 10 heteroatoms. The molecule has 0 aliphatic carbocycles. The first kappa shape index (κ1) is 22.1. The van der Waals surface area contributed by atoms with Crippen LogP contribution < -0.4 is 10.5 Å². The highest BCUT2D eigenvalue weighted by molar-refractivity contribution is 7.89.